The molecule has 0 radical (unpaired) electrons. The van der Waals surface area contributed by atoms with Gasteiger partial charge in [0.25, 0.3) is 0 Å². The topological polar surface area (TPSA) is 12.0 Å². The van der Waals surface area contributed by atoms with E-state index in [0.717, 1.165) is 0 Å². The predicted molar refractivity (Wildman–Crippen MR) is 58.7 cm³/mol. The van der Waals surface area contributed by atoms with Crippen molar-refractivity contribution in [2.75, 3.05) is 6.54 Å². The second-order valence-corrected chi connectivity index (χ2v) is 5.12. The Bertz CT molecular complexity index is 582. The number of nitrogens with one attached hydrogen (secondary N) is 1. The Hall–Kier alpha value is -1.49. The zero-order chi connectivity index (χ0) is 24.1. The summed E-state index contributed by atoms with van der Waals surface area (Å²) in [4.78, 5) is 0. The summed E-state index contributed by atoms with van der Waals surface area (Å²) in [5.41, 5.74) is -20.4. The standard InChI is InChI=1S/C11H6F17N/c1-2-29-6(10(23,24)25,11(26,27)28)3(4(12)7(14,15)16)5(13,8(17,18)19)9(20,21)22/h29H,2H2,1H3/b4-3-. The fraction of sp³-hybridized carbons (Fsp3) is 0.818. The number of likely N-dealkylation sites (N-methyl/N-ethyl adjacent to an activating group) is 1. The van der Waals surface area contributed by atoms with Gasteiger partial charge in [-0.25, -0.2) is 8.78 Å². The van der Waals surface area contributed by atoms with Gasteiger partial charge in [-0.1, -0.05) is 6.92 Å². The molecule has 0 saturated heterocycles. The lowest BCUT2D eigenvalue weighted by atomic mass is 9.76. The highest BCUT2D eigenvalue weighted by atomic mass is 19.4. The third kappa shape index (κ3) is 4.35. The molecular weight excluding hydrogens is 469 g/mol. The van der Waals surface area contributed by atoms with Gasteiger partial charge in [0, 0.05) is 0 Å². The molecule has 18 heteroatoms. The molecule has 0 spiro atoms. The second kappa shape index (κ2) is 7.33. The number of hydrogen-bond acceptors (Lipinski definition) is 1. The lowest BCUT2D eigenvalue weighted by Crippen LogP contribution is -2.74. The van der Waals surface area contributed by atoms with Crippen molar-refractivity contribution in [1.29, 1.82) is 0 Å². The summed E-state index contributed by atoms with van der Waals surface area (Å²) in [7, 11) is 0. The van der Waals surface area contributed by atoms with E-state index < -0.39 is 60.0 Å². The van der Waals surface area contributed by atoms with Crippen molar-refractivity contribution in [3.8, 4) is 0 Å². The minimum atomic E-state index is -8.05. The average molecular weight is 475 g/mol. The summed E-state index contributed by atoms with van der Waals surface area (Å²) in [6.45, 7) is -1.74. The number of rotatable bonds is 4. The maximum Gasteiger partial charge on any atom is 0.443 e. The van der Waals surface area contributed by atoms with Crippen LogP contribution in [0, 0.1) is 0 Å². The number of halogens is 17. The largest absolute Gasteiger partial charge is 0.443 e. The Morgan fingerprint density at radius 1 is 0.586 bits per heavy atom. The second-order valence-electron chi connectivity index (χ2n) is 5.12. The van der Waals surface area contributed by atoms with Crippen molar-refractivity contribution in [3.05, 3.63) is 11.4 Å². The van der Waals surface area contributed by atoms with Crippen LogP contribution in [0.3, 0.4) is 0 Å². The lowest BCUT2D eigenvalue weighted by Gasteiger charge is -2.45. The first-order valence-electron chi connectivity index (χ1n) is 6.52. The summed E-state index contributed by atoms with van der Waals surface area (Å²) in [5.74, 6) is -5.22. The molecule has 0 aromatic heterocycles. The molecule has 0 aliphatic heterocycles. The van der Waals surface area contributed by atoms with Crippen LogP contribution in [0.1, 0.15) is 6.92 Å². The maximum atomic E-state index is 14.0. The molecule has 0 aromatic rings. The summed E-state index contributed by atoms with van der Waals surface area (Å²) >= 11 is 0. The SMILES string of the molecule is CCNC(/C(=C(\F)C(F)(F)F)C(F)(C(F)(F)F)C(F)(F)F)(C(F)(F)F)C(F)(F)F. The van der Waals surface area contributed by atoms with Gasteiger partial charge in [0.1, 0.15) is 0 Å². The van der Waals surface area contributed by atoms with E-state index in [2.05, 4.69) is 0 Å². The highest BCUT2D eigenvalue weighted by Crippen LogP contribution is 2.61. The van der Waals surface area contributed by atoms with Crippen LogP contribution < -0.4 is 5.32 Å². The number of alkyl halides is 16. The molecule has 0 bridgehead atoms. The molecule has 0 rings (SSSR count). The normalized spacial score (nSPS) is 16.8. The fourth-order valence-corrected chi connectivity index (χ4v) is 2.16. The molecule has 174 valence electrons. The van der Waals surface area contributed by atoms with Gasteiger partial charge in [-0.05, 0) is 6.54 Å². The molecule has 0 saturated carbocycles. The van der Waals surface area contributed by atoms with Crippen LogP contribution in [0.15, 0.2) is 11.4 Å². The number of allylic oxidation sites excluding steroid dienone is 1. The first kappa shape index (κ1) is 27.5. The van der Waals surface area contributed by atoms with Gasteiger partial charge in [-0.15, -0.1) is 0 Å². The maximum absolute atomic E-state index is 14.0. The molecular formula is C11H6F17N. The van der Waals surface area contributed by atoms with E-state index in [0.29, 0.717) is 0 Å². The molecule has 0 aliphatic carbocycles. The van der Waals surface area contributed by atoms with Crippen LogP contribution in [-0.4, -0.2) is 48.6 Å². The van der Waals surface area contributed by atoms with E-state index >= 15 is 0 Å². The van der Waals surface area contributed by atoms with E-state index in [4.69, 9.17) is 0 Å². The zero-order valence-electron chi connectivity index (χ0n) is 13.1. The number of hydrogen-bond donors (Lipinski definition) is 1. The Morgan fingerprint density at radius 2 is 0.897 bits per heavy atom. The van der Waals surface area contributed by atoms with Crippen LogP contribution in [0.4, 0.5) is 74.6 Å². The molecule has 0 heterocycles. The van der Waals surface area contributed by atoms with E-state index in [1.54, 1.807) is 0 Å². The van der Waals surface area contributed by atoms with E-state index in [9.17, 15) is 74.6 Å². The van der Waals surface area contributed by atoms with Crippen molar-refractivity contribution in [2.45, 2.75) is 49.0 Å². The molecule has 0 aliphatic rings. The van der Waals surface area contributed by atoms with Gasteiger partial charge in [0.15, 0.2) is 0 Å². The van der Waals surface area contributed by atoms with E-state index in [-0.39, 0.29) is 12.2 Å². The van der Waals surface area contributed by atoms with Crippen molar-refractivity contribution < 1.29 is 74.6 Å². The molecule has 29 heavy (non-hydrogen) atoms. The van der Waals surface area contributed by atoms with Gasteiger partial charge in [0.2, 0.25) is 11.4 Å². The Morgan fingerprint density at radius 3 is 1.07 bits per heavy atom. The van der Waals surface area contributed by atoms with Crippen LogP contribution in [0.5, 0.6) is 0 Å². The molecule has 1 N–H and O–H groups in total. The van der Waals surface area contributed by atoms with Gasteiger partial charge >= 0.3 is 36.6 Å². The quantitative estimate of drug-likeness (QED) is 0.487. The molecule has 0 atom stereocenters. The van der Waals surface area contributed by atoms with Crippen LogP contribution in [-0.2, 0) is 0 Å². The van der Waals surface area contributed by atoms with Crippen LogP contribution in [0.2, 0.25) is 0 Å². The van der Waals surface area contributed by atoms with E-state index in [1.165, 1.54) is 0 Å². The van der Waals surface area contributed by atoms with Gasteiger partial charge < -0.3 is 0 Å². The monoisotopic (exact) mass is 475 g/mol. The predicted octanol–water partition coefficient (Wildman–Crippen LogP) is 6.08. The highest BCUT2D eigenvalue weighted by molar-refractivity contribution is 5.42. The Kier molecular flexibility index (Phi) is 6.95. The minimum Gasteiger partial charge on any atom is -0.293 e. The van der Waals surface area contributed by atoms with E-state index in [1.807, 2.05) is 0 Å². The first-order chi connectivity index (χ1) is 12.3. The summed E-state index contributed by atoms with van der Waals surface area (Å²) in [6, 6.07) is 0. The molecule has 0 unspecified atom stereocenters. The van der Waals surface area contributed by atoms with Gasteiger partial charge in [-0.2, -0.15) is 65.9 Å². The Labute approximate surface area is 148 Å². The van der Waals surface area contributed by atoms with Gasteiger partial charge in [0.05, 0.1) is 5.57 Å². The molecule has 0 amide bonds. The van der Waals surface area contributed by atoms with Crippen LogP contribution >= 0.6 is 0 Å². The Balaban J connectivity index is 8.10. The van der Waals surface area contributed by atoms with Gasteiger partial charge in [-0.3, -0.25) is 5.32 Å². The molecule has 0 fully saturated rings. The summed E-state index contributed by atoms with van der Waals surface area (Å²) in [6.07, 6.45) is -38.3. The molecule has 0 aromatic carbocycles. The van der Waals surface area contributed by atoms with Crippen molar-refractivity contribution in [3.63, 3.8) is 0 Å². The minimum absolute atomic E-state index is 0.109. The third-order valence-corrected chi connectivity index (χ3v) is 3.26. The van der Waals surface area contributed by atoms with Crippen molar-refractivity contribution in [1.82, 2.24) is 5.32 Å². The summed E-state index contributed by atoms with van der Waals surface area (Å²) in [5, 5.41) is -0.109. The smallest absolute Gasteiger partial charge is 0.293 e. The van der Waals surface area contributed by atoms with Crippen molar-refractivity contribution in [2.24, 2.45) is 0 Å². The highest BCUT2D eigenvalue weighted by Gasteiger charge is 2.86. The lowest BCUT2D eigenvalue weighted by molar-refractivity contribution is -0.350. The van der Waals surface area contributed by atoms with Crippen LogP contribution in [0.25, 0.3) is 0 Å². The molecule has 1 nitrogen and oxygen atoms in total. The first-order valence-corrected chi connectivity index (χ1v) is 6.52. The average Bonchev–Trinajstić information content (AvgIpc) is 2.39. The van der Waals surface area contributed by atoms with Crippen molar-refractivity contribution >= 4 is 0 Å². The third-order valence-electron chi connectivity index (χ3n) is 3.26. The fourth-order valence-electron chi connectivity index (χ4n) is 2.16. The summed E-state index contributed by atoms with van der Waals surface area (Å²) < 4.78 is 220. The zero-order valence-corrected chi connectivity index (χ0v) is 13.1.